The quantitative estimate of drug-likeness (QED) is 0.583. The Bertz CT molecular complexity index is 417. The van der Waals surface area contributed by atoms with Crippen molar-refractivity contribution >= 4 is 17.9 Å². The van der Waals surface area contributed by atoms with Crippen LogP contribution in [0, 0.1) is 0 Å². The first-order valence-electron chi connectivity index (χ1n) is 4.47. The molecule has 0 saturated carbocycles. The maximum absolute atomic E-state index is 5.82. The summed E-state index contributed by atoms with van der Waals surface area (Å²) in [6.07, 6.45) is 6.73. The van der Waals surface area contributed by atoms with Crippen molar-refractivity contribution in [1.29, 1.82) is 0 Å². The number of rotatable bonds is 1. The molecule has 0 bridgehead atoms. The van der Waals surface area contributed by atoms with Crippen LogP contribution in [-0.2, 0) is 0 Å². The van der Waals surface area contributed by atoms with E-state index in [1.54, 1.807) is 25.5 Å². The van der Waals surface area contributed by atoms with Crippen molar-refractivity contribution in [3.63, 3.8) is 0 Å². The number of nitrogens with two attached hydrogens (primary N) is 2. The molecule has 6 nitrogen and oxygen atoms in total. The number of allylic oxidation sites excluding steroid dienone is 1. The molecule has 1 unspecified atom stereocenters. The smallest absolute Gasteiger partial charge is 0.219 e. The molecule has 2 heterocycles. The van der Waals surface area contributed by atoms with Gasteiger partial charge in [0.1, 0.15) is 0 Å². The summed E-state index contributed by atoms with van der Waals surface area (Å²) in [6.45, 7) is 1.77. The third-order valence-electron chi connectivity index (χ3n) is 1.95. The first kappa shape index (κ1) is 9.60. The number of hydrogen-bond donors (Lipinski definition) is 3. The van der Waals surface area contributed by atoms with Gasteiger partial charge in [-0.15, -0.1) is 0 Å². The van der Waals surface area contributed by atoms with Gasteiger partial charge < -0.3 is 11.1 Å². The normalized spacial score (nSPS) is 24.5. The van der Waals surface area contributed by atoms with Crippen LogP contribution >= 0.6 is 0 Å². The van der Waals surface area contributed by atoms with Crippen LogP contribution in [0.3, 0.4) is 0 Å². The Kier molecular flexibility index (Phi) is 2.12. The maximum Gasteiger partial charge on any atom is 0.219 e. The van der Waals surface area contributed by atoms with E-state index in [4.69, 9.17) is 11.5 Å². The molecule has 1 aliphatic rings. The Morgan fingerprint density at radius 1 is 1.33 bits per heavy atom. The SMILES string of the molecule is CC1(N)N=CC=C(c2cnc(N)nc2)N1. The minimum absolute atomic E-state index is 0.249. The molecule has 0 aliphatic carbocycles. The van der Waals surface area contributed by atoms with Crippen LogP contribution in [0.2, 0.25) is 0 Å². The topological polar surface area (TPSA) is 102 Å². The van der Waals surface area contributed by atoms with E-state index in [1.807, 2.05) is 6.08 Å². The fourth-order valence-corrected chi connectivity index (χ4v) is 1.26. The number of hydrogen-bond acceptors (Lipinski definition) is 6. The Hall–Kier alpha value is -1.95. The van der Waals surface area contributed by atoms with Crippen LogP contribution in [-0.4, -0.2) is 22.0 Å². The summed E-state index contributed by atoms with van der Waals surface area (Å²) in [7, 11) is 0. The molecule has 2 rings (SSSR count). The fraction of sp³-hybridized carbons (Fsp3) is 0.222. The van der Waals surface area contributed by atoms with E-state index in [2.05, 4.69) is 20.3 Å². The van der Waals surface area contributed by atoms with Gasteiger partial charge in [-0.1, -0.05) is 0 Å². The second-order valence-corrected chi connectivity index (χ2v) is 3.46. The van der Waals surface area contributed by atoms with Gasteiger partial charge in [0.05, 0.1) is 0 Å². The summed E-state index contributed by atoms with van der Waals surface area (Å²) in [5, 5.41) is 3.05. The third kappa shape index (κ3) is 2.10. The van der Waals surface area contributed by atoms with Crippen molar-refractivity contribution in [2.75, 3.05) is 5.73 Å². The molecule has 5 N–H and O–H groups in total. The molecule has 0 radical (unpaired) electrons. The highest BCUT2D eigenvalue weighted by Gasteiger charge is 2.19. The Labute approximate surface area is 87.1 Å². The molecule has 0 fully saturated rings. The standard InChI is InChI=1S/C9H12N6/c1-9(11)14-3-2-7(15-9)6-4-12-8(10)13-5-6/h2-5,15H,11H2,1H3,(H2,10,12,13). The fourth-order valence-electron chi connectivity index (χ4n) is 1.26. The summed E-state index contributed by atoms with van der Waals surface area (Å²) in [5.74, 6) is -0.537. The summed E-state index contributed by atoms with van der Waals surface area (Å²) < 4.78 is 0. The molecule has 78 valence electrons. The summed E-state index contributed by atoms with van der Waals surface area (Å²) >= 11 is 0. The van der Waals surface area contributed by atoms with E-state index in [1.165, 1.54) is 0 Å². The predicted octanol–water partition coefficient (Wildman–Crippen LogP) is -0.294. The Morgan fingerprint density at radius 3 is 2.60 bits per heavy atom. The predicted molar refractivity (Wildman–Crippen MR) is 58.6 cm³/mol. The molecule has 1 atom stereocenters. The van der Waals surface area contributed by atoms with Crippen molar-refractivity contribution < 1.29 is 0 Å². The Balaban J connectivity index is 2.29. The highest BCUT2D eigenvalue weighted by Crippen LogP contribution is 2.15. The van der Waals surface area contributed by atoms with E-state index in [-0.39, 0.29) is 5.95 Å². The van der Waals surface area contributed by atoms with Gasteiger partial charge >= 0.3 is 0 Å². The highest BCUT2D eigenvalue weighted by molar-refractivity contribution is 5.85. The number of nitrogens with one attached hydrogen (secondary N) is 1. The van der Waals surface area contributed by atoms with Crippen LogP contribution in [0.5, 0.6) is 0 Å². The lowest BCUT2D eigenvalue weighted by atomic mass is 10.2. The highest BCUT2D eigenvalue weighted by atomic mass is 15.3. The molecule has 1 aromatic rings. The maximum atomic E-state index is 5.82. The van der Waals surface area contributed by atoms with Gasteiger partial charge in [-0.3, -0.25) is 10.7 Å². The number of nitrogens with zero attached hydrogens (tertiary/aromatic N) is 3. The van der Waals surface area contributed by atoms with Crippen molar-refractivity contribution in [3.05, 3.63) is 24.0 Å². The van der Waals surface area contributed by atoms with Crippen molar-refractivity contribution in [2.24, 2.45) is 10.7 Å². The summed E-state index contributed by atoms with van der Waals surface area (Å²) in [5.41, 5.74) is 12.9. The van der Waals surface area contributed by atoms with Gasteiger partial charge in [-0.05, 0) is 13.0 Å². The second-order valence-electron chi connectivity index (χ2n) is 3.46. The van der Waals surface area contributed by atoms with Crippen molar-refractivity contribution in [2.45, 2.75) is 12.7 Å². The van der Waals surface area contributed by atoms with E-state index < -0.39 is 5.79 Å². The average molecular weight is 204 g/mol. The first-order valence-corrected chi connectivity index (χ1v) is 4.47. The molecule has 0 amide bonds. The monoisotopic (exact) mass is 204 g/mol. The third-order valence-corrected chi connectivity index (χ3v) is 1.95. The van der Waals surface area contributed by atoms with Crippen LogP contribution < -0.4 is 16.8 Å². The van der Waals surface area contributed by atoms with Crippen LogP contribution in [0.4, 0.5) is 5.95 Å². The molecule has 1 aliphatic heterocycles. The van der Waals surface area contributed by atoms with Crippen molar-refractivity contribution in [3.8, 4) is 0 Å². The molecule has 0 aromatic carbocycles. The zero-order valence-electron chi connectivity index (χ0n) is 8.31. The minimum Gasteiger partial charge on any atom is -0.368 e. The van der Waals surface area contributed by atoms with E-state index in [9.17, 15) is 0 Å². The van der Waals surface area contributed by atoms with E-state index in [0.29, 0.717) is 0 Å². The lowest BCUT2D eigenvalue weighted by Crippen LogP contribution is -2.49. The molecular weight excluding hydrogens is 192 g/mol. The lowest BCUT2D eigenvalue weighted by molar-refractivity contribution is 0.448. The molecular formula is C9H12N6. The molecule has 0 spiro atoms. The van der Waals surface area contributed by atoms with Crippen LogP contribution in [0.15, 0.2) is 23.5 Å². The van der Waals surface area contributed by atoms with Crippen LogP contribution in [0.25, 0.3) is 5.70 Å². The zero-order valence-corrected chi connectivity index (χ0v) is 8.31. The van der Waals surface area contributed by atoms with Crippen LogP contribution in [0.1, 0.15) is 12.5 Å². The number of anilines is 1. The van der Waals surface area contributed by atoms with Crippen molar-refractivity contribution in [1.82, 2.24) is 15.3 Å². The first-order chi connectivity index (χ1) is 7.07. The average Bonchev–Trinajstić information content (AvgIpc) is 2.17. The van der Waals surface area contributed by atoms with Gasteiger partial charge in [0, 0.05) is 29.9 Å². The largest absolute Gasteiger partial charge is 0.368 e. The second kappa shape index (κ2) is 3.32. The van der Waals surface area contributed by atoms with Gasteiger partial charge in [0.2, 0.25) is 5.95 Å². The minimum atomic E-state index is -0.786. The molecule has 1 aromatic heterocycles. The van der Waals surface area contributed by atoms with Gasteiger partial charge in [0.25, 0.3) is 0 Å². The molecule has 15 heavy (non-hydrogen) atoms. The lowest BCUT2D eigenvalue weighted by Gasteiger charge is -2.26. The summed E-state index contributed by atoms with van der Waals surface area (Å²) in [4.78, 5) is 11.9. The van der Waals surface area contributed by atoms with E-state index in [0.717, 1.165) is 11.3 Å². The molecule has 0 saturated heterocycles. The Morgan fingerprint density at radius 2 is 2.00 bits per heavy atom. The molecule has 6 heteroatoms. The summed E-state index contributed by atoms with van der Waals surface area (Å²) in [6, 6.07) is 0. The van der Waals surface area contributed by atoms with Gasteiger partial charge in [-0.25, -0.2) is 9.97 Å². The number of aliphatic imine (C=N–C) groups is 1. The zero-order chi connectivity index (χ0) is 10.9. The number of aromatic nitrogens is 2. The van der Waals surface area contributed by atoms with E-state index >= 15 is 0 Å². The number of nitrogen functional groups attached to an aromatic ring is 1. The van der Waals surface area contributed by atoms with Gasteiger partial charge in [-0.2, -0.15) is 0 Å². The van der Waals surface area contributed by atoms with Gasteiger partial charge in [0.15, 0.2) is 5.79 Å².